The number of allylic oxidation sites excluding steroid dienone is 8. The van der Waals surface area contributed by atoms with E-state index in [-0.39, 0.29) is 39.7 Å². The summed E-state index contributed by atoms with van der Waals surface area (Å²) in [6.45, 7) is 8.43. The minimum absolute atomic E-state index is 0. The van der Waals surface area contributed by atoms with Gasteiger partial charge in [-0.15, -0.1) is 13.3 Å². The summed E-state index contributed by atoms with van der Waals surface area (Å²) in [6, 6.07) is 0. The SMILES string of the molecule is CC1=CC(C)[C-]=C1.CC1=[C-]CC(C)=C1.[CH3-].[CH3-].[Cl-].[Cl-].[SiH2]=[Ti+2]. The first-order chi connectivity index (χ1) is 7.58. The standard InChI is InChI=1S/2C7H9.2CH3.2ClH.H2Si.Ti/c2*1-6-3-4-7(2)5-6;;;;;;/h5H,3H2,1-2H3;3,5,7H,1-2H3;2*1H3;2*1H;1H2;/q4*-1;;;;+2/p-2. The van der Waals surface area contributed by atoms with Gasteiger partial charge in [0.2, 0.25) is 0 Å². The minimum atomic E-state index is 0. The summed E-state index contributed by atoms with van der Waals surface area (Å²) in [7, 11) is 1.86. The average molecular weight is 365 g/mol. The molecule has 0 N–H and O–H groups in total. The van der Waals surface area contributed by atoms with Gasteiger partial charge >= 0.3 is 26.8 Å². The molecule has 0 aromatic carbocycles. The van der Waals surface area contributed by atoms with Crippen molar-refractivity contribution in [2.24, 2.45) is 5.92 Å². The number of halogens is 2. The molecular formula is C16H26Cl2SiTi-4. The summed E-state index contributed by atoms with van der Waals surface area (Å²) >= 11 is 2.03. The van der Waals surface area contributed by atoms with Gasteiger partial charge in [-0.25, -0.2) is 23.3 Å². The van der Waals surface area contributed by atoms with Crippen LogP contribution in [0.4, 0.5) is 0 Å². The number of rotatable bonds is 0. The number of hydrogen-bond donors (Lipinski definition) is 0. The van der Waals surface area contributed by atoms with Crippen LogP contribution in [0.2, 0.25) is 0 Å². The van der Waals surface area contributed by atoms with Gasteiger partial charge in [0.15, 0.2) is 0 Å². The van der Waals surface area contributed by atoms with E-state index in [1.165, 1.54) is 16.7 Å². The fourth-order valence-electron chi connectivity index (χ4n) is 1.50. The maximum absolute atomic E-state index is 3.19. The van der Waals surface area contributed by atoms with Crippen LogP contribution < -0.4 is 24.8 Å². The molecule has 0 aliphatic heterocycles. The van der Waals surface area contributed by atoms with Crippen LogP contribution in [-0.4, -0.2) is 7.63 Å². The van der Waals surface area contributed by atoms with Crippen molar-refractivity contribution in [3.8, 4) is 0 Å². The van der Waals surface area contributed by atoms with Crippen LogP contribution in [0.1, 0.15) is 34.1 Å². The van der Waals surface area contributed by atoms with Crippen LogP contribution in [0.3, 0.4) is 0 Å². The molecule has 0 heterocycles. The Hall–Kier alpha value is 0.471. The predicted molar refractivity (Wildman–Crippen MR) is 82.9 cm³/mol. The van der Waals surface area contributed by atoms with Gasteiger partial charge < -0.3 is 39.7 Å². The Morgan fingerprint density at radius 2 is 1.65 bits per heavy atom. The van der Waals surface area contributed by atoms with E-state index in [1.807, 2.05) is 32.9 Å². The summed E-state index contributed by atoms with van der Waals surface area (Å²) in [4.78, 5) is 0. The van der Waals surface area contributed by atoms with Gasteiger partial charge in [0.25, 0.3) is 0 Å². The monoisotopic (exact) mass is 364 g/mol. The molecule has 1 atom stereocenters. The summed E-state index contributed by atoms with van der Waals surface area (Å²) in [5.74, 6) is 0.556. The molecule has 0 amide bonds. The molecule has 20 heavy (non-hydrogen) atoms. The fourth-order valence-corrected chi connectivity index (χ4v) is 1.50. The van der Waals surface area contributed by atoms with Crippen LogP contribution >= 0.6 is 0 Å². The molecule has 116 valence electrons. The van der Waals surface area contributed by atoms with Crippen LogP contribution in [0.5, 0.6) is 0 Å². The topological polar surface area (TPSA) is 0 Å². The Morgan fingerprint density at radius 3 is 1.75 bits per heavy atom. The molecule has 0 nitrogen and oxygen atoms in total. The summed E-state index contributed by atoms with van der Waals surface area (Å²) in [6.07, 6.45) is 13.8. The predicted octanol–water partition coefficient (Wildman–Crippen LogP) is -1.98. The Morgan fingerprint density at radius 1 is 1.15 bits per heavy atom. The Labute approximate surface area is 153 Å². The number of hydrogen-bond acceptors (Lipinski definition) is 0. The first-order valence-corrected chi connectivity index (χ1v) is 9.47. The second-order valence-corrected chi connectivity index (χ2v) is 4.04. The summed E-state index contributed by atoms with van der Waals surface area (Å²) in [5.41, 5.74) is 4.06. The van der Waals surface area contributed by atoms with Crippen LogP contribution in [0, 0.1) is 32.9 Å². The van der Waals surface area contributed by atoms with E-state index in [9.17, 15) is 0 Å². The molecule has 2 aliphatic rings. The maximum atomic E-state index is 3.19. The molecule has 1 unspecified atom stereocenters. The second-order valence-electron chi connectivity index (χ2n) is 4.04. The zero-order chi connectivity index (χ0) is 12.6. The van der Waals surface area contributed by atoms with Crippen molar-refractivity contribution in [2.75, 3.05) is 0 Å². The molecule has 2 rings (SSSR count). The molecule has 0 radical (unpaired) electrons. The Balaban J connectivity index is -0.0000000566. The van der Waals surface area contributed by atoms with Crippen molar-refractivity contribution in [3.63, 3.8) is 0 Å². The van der Waals surface area contributed by atoms with E-state index >= 15 is 0 Å². The van der Waals surface area contributed by atoms with E-state index in [0.717, 1.165) is 6.42 Å². The van der Waals surface area contributed by atoms with Crippen LogP contribution in [0.25, 0.3) is 0 Å². The molecule has 4 heteroatoms. The Bertz CT molecular complexity index is 344. The van der Waals surface area contributed by atoms with Gasteiger partial charge in [-0.1, -0.05) is 26.7 Å². The van der Waals surface area contributed by atoms with Crippen LogP contribution in [-0.2, 0) is 19.2 Å². The second kappa shape index (κ2) is 19.5. The average Bonchev–Trinajstić information content (AvgIpc) is 2.80. The third kappa shape index (κ3) is 16.5. The first-order valence-electron chi connectivity index (χ1n) is 5.45. The quantitative estimate of drug-likeness (QED) is 0.345. The van der Waals surface area contributed by atoms with E-state index in [4.69, 9.17) is 0 Å². The summed E-state index contributed by atoms with van der Waals surface area (Å²) < 4.78 is 0. The fraction of sp³-hybridized carbons (Fsp3) is 0.375. The zero-order valence-corrected chi connectivity index (χ0v) is 18.0. The van der Waals surface area contributed by atoms with Crippen molar-refractivity contribution < 1.29 is 44.0 Å². The molecule has 0 spiro atoms. The third-order valence-electron chi connectivity index (χ3n) is 2.20. The van der Waals surface area contributed by atoms with Gasteiger partial charge in [0.1, 0.15) is 0 Å². The zero-order valence-electron chi connectivity index (χ0n) is 13.5. The van der Waals surface area contributed by atoms with Crippen LogP contribution in [0.15, 0.2) is 34.9 Å². The van der Waals surface area contributed by atoms with Crippen molar-refractivity contribution in [2.45, 2.75) is 34.1 Å². The van der Waals surface area contributed by atoms with E-state index in [1.54, 1.807) is 0 Å². The molecule has 0 aromatic heterocycles. The molecule has 0 aromatic rings. The van der Waals surface area contributed by atoms with Gasteiger partial charge in [-0.2, -0.15) is 11.6 Å². The molecule has 2 aliphatic carbocycles. The van der Waals surface area contributed by atoms with E-state index in [2.05, 4.69) is 52.0 Å². The first kappa shape index (κ1) is 32.4. The molecule has 0 fully saturated rings. The van der Waals surface area contributed by atoms with Crippen molar-refractivity contribution >= 4 is 7.63 Å². The normalized spacial score (nSPS) is 16.9. The van der Waals surface area contributed by atoms with Crippen molar-refractivity contribution in [1.82, 2.24) is 0 Å². The van der Waals surface area contributed by atoms with Crippen molar-refractivity contribution in [3.05, 3.63) is 62.0 Å². The van der Waals surface area contributed by atoms with Gasteiger partial charge in [0.05, 0.1) is 0 Å². The summed E-state index contributed by atoms with van der Waals surface area (Å²) in [5, 5.41) is 0. The molecule has 0 saturated carbocycles. The van der Waals surface area contributed by atoms with Crippen molar-refractivity contribution in [1.29, 1.82) is 0 Å². The Kier molecular flexibility index (Phi) is 31.6. The van der Waals surface area contributed by atoms with E-state index < -0.39 is 0 Å². The molecular weight excluding hydrogens is 339 g/mol. The van der Waals surface area contributed by atoms with E-state index in [0.29, 0.717) is 5.92 Å². The third-order valence-corrected chi connectivity index (χ3v) is 2.20. The van der Waals surface area contributed by atoms with Gasteiger partial charge in [0, 0.05) is 0 Å². The molecule has 0 bridgehead atoms. The van der Waals surface area contributed by atoms with Gasteiger partial charge in [-0.3, -0.25) is 12.2 Å². The molecule has 0 saturated heterocycles. The van der Waals surface area contributed by atoms with Gasteiger partial charge in [-0.05, 0) is 0 Å².